The highest BCUT2D eigenvalue weighted by Crippen LogP contribution is 2.21. The molecule has 0 radical (unpaired) electrons. The van der Waals surface area contributed by atoms with Crippen LogP contribution in [0.4, 0.5) is 4.79 Å². The minimum absolute atomic E-state index is 0.137. The van der Waals surface area contributed by atoms with Gasteiger partial charge in [-0.3, -0.25) is 4.57 Å². The number of aliphatic hydroxyl groups is 1. The van der Waals surface area contributed by atoms with Gasteiger partial charge in [0.15, 0.2) is 0 Å². The first kappa shape index (κ1) is 17.5. The number of benzene rings is 2. The van der Waals surface area contributed by atoms with Crippen molar-refractivity contribution in [1.82, 2.24) is 14.2 Å². The Labute approximate surface area is 151 Å². The molecule has 0 bridgehead atoms. The van der Waals surface area contributed by atoms with E-state index in [1.807, 2.05) is 66.0 Å². The Balaban J connectivity index is 1.59. The predicted octanol–water partition coefficient (Wildman–Crippen LogP) is 3.33. The summed E-state index contributed by atoms with van der Waals surface area (Å²) >= 11 is 1.58. The van der Waals surface area contributed by atoms with Crippen LogP contribution in [0, 0.1) is 0 Å². The number of aromatic nitrogens is 1. The van der Waals surface area contributed by atoms with Crippen LogP contribution in [0.25, 0.3) is 10.9 Å². The molecule has 0 saturated carbocycles. The SMILES string of the molecule is CN(CCO)Sc1ccc(CNC(=O)n2ccc3ccccc32)cc1. The number of hydrogen-bond acceptors (Lipinski definition) is 4. The normalized spacial score (nSPS) is 11.2. The molecule has 2 N–H and O–H groups in total. The molecule has 0 saturated heterocycles. The summed E-state index contributed by atoms with van der Waals surface area (Å²) < 4.78 is 3.61. The molecular weight excluding hydrogens is 334 g/mol. The summed E-state index contributed by atoms with van der Waals surface area (Å²) in [6.07, 6.45) is 1.79. The summed E-state index contributed by atoms with van der Waals surface area (Å²) in [5, 5.41) is 12.9. The Kier molecular flexibility index (Phi) is 5.75. The second-order valence-corrected chi connectivity index (χ2v) is 6.99. The lowest BCUT2D eigenvalue weighted by molar-refractivity contribution is 0.243. The molecule has 0 fully saturated rings. The molecule has 0 aliphatic rings. The highest BCUT2D eigenvalue weighted by molar-refractivity contribution is 7.97. The molecule has 0 aliphatic carbocycles. The zero-order chi connectivity index (χ0) is 17.6. The highest BCUT2D eigenvalue weighted by Gasteiger charge is 2.08. The topological polar surface area (TPSA) is 57.5 Å². The lowest BCUT2D eigenvalue weighted by Gasteiger charge is -2.14. The Hall–Kier alpha value is -2.28. The number of carbonyl (C=O) groups is 1. The van der Waals surface area contributed by atoms with Crippen molar-refractivity contribution in [2.24, 2.45) is 0 Å². The number of hydrogen-bond donors (Lipinski definition) is 2. The quantitative estimate of drug-likeness (QED) is 0.666. The molecule has 1 amide bonds. The molecule has 1 heterocycles. The van der Waals surface area contributed by atoms with Crippen molar-refractivity contribution in [2.45, 2.75) is 11.4 Å². The molecule has 0 spiro atoms. The molecule has 0 unspecified atom stereocenters. The Morgan fingerprint density at radius 2 is 1.92 bits per heavy atom. The van der Waals surface area contributed by atoms with E-state index >= 15 is 0 Å². The van der Waals surface area contributed by atoms with Crippen molar-refractivity contribution in [3.05, 3.63) is 66.4 Å². The van der Waals surface area contributed by atoms with E-state index in [0.29, 0.717) is 13.1 Å². The number of rotatable bonds is 6. The third-order valence-electron chi connectivity index (χ3n) is 3.86. The number of likely N-dealkylation sites (N-methyl/N-ethyl adjacent to an activating group) is 1. The van der Waals surface area contributed by atoms with Crippen molar-refractivity contribution in [2.75, 3.05) is 20.2 Å². The van der Waals surface area contributed by atoms with Gasteiger partial charge in [0, 0.05) is 29.6 Å². The van der Waals surface area contributed by atoms with Crippen LogP contribution in [0.3, 0.4) is 0 Å². The van der Waals surface area contributed by atoms with Gasteiger partial charge in [-0.1, -0.05) is 30.3 Å². The fourth-order valence-corrected chi connectivity index (χ4v) is 3.35. The average Bonchev–Trinajstić information content (AvgIpc) is 3.05. The maximum Gasteiger partial charge on any atom is 0.326 e. The third-order valence-corrected chi connectivity index (χ3v) is 4.84. The minimum Gasteiger partial charge on any atom is -0.395 e. The smallest absolute Gasteiger partial charge is 0.326 e. The van der Waals surface area contributed by atoms with Crippen molar-refractivity contribution in [3.8, 4) is 0 Å². The van der Waals surface area contributed by atoms with Gasteiger partial charge in [0.1, 0.15) is 0 Å². The van der Waals surface area contributed by atoms with E-state index in [1.54, 1.807) is 22.7 Å². The number of aliphatic hydroxyl groups excluding tert-OH is 1. The van der Waals surface area contributed by atoms with E-state index in [0.717, 1.165) is 21.4 Å². The van der Waals surface area contributed by atoms with E-state index in [2.05, 4.69) is 5.32 Å². The molecular formula is C19H21N3O2S. The van der Waals surface area contributed by atoms with Crippen LogP contribution in [0.5, 0.6) is 0 Å². The molecule has 130 valence electrons. The number of carbonyl (C=O) groups excluding carboxylic acids is 1. The van der Waals surface area contributed by atoms with Gasteiger partial charge < -0.3 is 10.4 Å². The predicted molar refractivity (Wildman–Crippen MR) is 102 cm³/mol. The van der Waals surface area contributed by atoms with Crippen molar-refractivity contribution >= 4 is 28.9 Å². The standard InChI is InChI=1S/C19H21N3O2S/c1-21(12-13-23)25-17-8-6-15(7-9-17)14-20-19(24)22-11-10-16-4-2-3-5-18(16)22/h2-11,23H,12-14H2,1H3,(H,20,24). The number of nitrogens with one attached hydrogen (secondary N) is 1. The minimum atomic E-state index is -0.137. The number of para-hydroxylation sites is 1. The molecule has 3 rings (SSSR count). The number of nitrogens with zero attached hydrogens (tertiary/aromatic N) is 2. The molecule has 0 atom stereocenters. The Morgan fingerprint density at radius 3 is 2.68 bits per heavy atom. The van der Waals surface area contributed by atoms with Gasteiger partial charge in [0.2, 0.25) is 0 Å². The van der Waals surface area contributed by atoms with Gasteiger partial charge in [-0.2, -0.15) is 0 Å². The largest absolute Gasteiger partial charge is 0.395 e. The molecule has 0 aliphatic heterocycles. The number of amides is 1. The van der Waals surface area contributed by atoms with Crippen LogP contribution in [-0.4, -0.2) is 40.2 Å². The van der Waals surface area contributed by atoms with Crippen molar-refractivity contribution < 1.29 is 9.90 Å². The molecule has 3 aromatic rings. The van der Waals surface area contributed by atoms with Gasteiger partial charge >= 0.3 is 6.03 Å². The monoisotopic (exact) mass is 355 g/mol. The maximum atomic E-state index is 12.4. The summed E-state index contributed by atoms with van der Waals surface area (Å²) in [6, 6.07) is 17.7. The summed E-state index contributed by atoms with van der Waals surface area (Å²) in [5.41, 5.74) is 1.94. The Bertz CT molecular complexity index is 845. The molecule has 25 heavy (non-hydrogen) atoms. The zero-order valence-corrected chi connectivity index (χ0v) is 14.9. The van der Waals surface area contributed by atoms with E-state index in [1.165, 1.54) is 0 Å². The Morgan fingerprint density at radius 1 is 1.16 bits per heavy atom. The summed E-state index contributed by atoms with van der Waals surface area (Å²) in [6.45, 7) is 1.23. The lowest BCUT2D eigenvalue weighted by Crippen LogP contribution is -2.27. The first-order valence-electron chi connectivity index (χ1n) is 8.10. The molecule has 6 heteroatoms. The third kappa shape index (κ3) is 4.42. The molecule has 1 aromatic heterocycles. The van der Waals surface area contributed by atoms with Crippen LogP contribution in [0.2, 0.25) is 0 Å². The van der Waals surface area contributed by atoms with Crippen LogP contribution < -0.4 is 5.32 Å². The van der Waals surface area contributed by atoms with E-state index < -0.39 is 0 Å². The summed E-state index contributed by atoms with van der Waals surface area (Å²) in [7, 11) is 1.94. The second kappa shape index (κ2) is 8.20. The zero-order valence-electron chi connectivity index (χ0n) is 14.1. The van der Waals surface area contributed by atoms with Crippen molar-refractivity contribution in [1.29, 1.82) is 0 Å². The van der Waals surface area contributed by atoms with Gasteiger partial charge in [-0.05, 0) is 48.8 Å². The van der Waals surface area contributed by atoms with E-state index in [9.17, 15) is 4.79 Å². The molecule has 5 nitrogen and oxygen atoms in total. The fourth-order valence-electron chi connectivity index (χ4n) is 2.56. The van der Waals surface area contributed by atoms with Gasteiger partial charge in [0.05, 0.1) is 12.1 Å². The van der Waals surface area contributed by atoms with E-state index in [4.69, 9.17) is 5.11 Å². The van der Waals surface area contributed by atoms with E-state index in [-0.39, 0.29) is 12.6 Å². The van der Waals surface area contributed by atoms with Gasteiger partial charge in [-0.25, -0.2) is 9.10 Å². The number of fused-ring (bicyclic) bond motifs is 1. The van der Waals surface area contributed by atoms with Crippen LogP contribution in [0.1, 0.15) is 5.56 Å². The van der Waals surface area contributed by atoms with Crippen LogP contribution in [0.15, 0.2) is 65.7 Å². The summed E-state index contributed by atoms with van der Waals surface area (Å²) in [4.78, 5) is 13.5. The lowest BCUT2D eigenvalue weighted by atomic mass is 10.2. The first-order chi connectivity index (χ1) is 12.2. The summed E-state index contributed by atoms with van der Waals surface area (Å²) in [5.74, 6) is 0. The first-order valence-corrected chi connectivity index (χ1v) is 8.88. The van der Waals surface area contributed by atoms with Crippen LogP contribution >= 0.6 is 11.9 Å². The van der Waals surface area contributed by atoms with Gasteiger partial charge in [-0.15, -0.1) is 0 Å². The highest BCUT2D eigenvalue weighted by atomic mass is 32.2. The second-order valence-electron chi connectivity index (χ2n) is 5.71. The fraction of sp³-hybridized carbons (Fsp3) is 0.211. The molecule has 2 aromatic carbocycles. The van der Waals surface area contributed by atoms with Gasteiger partial charge in [0.25, 0.3) is 0 Å². The maximum absolute atomic E-state index is 12.4. The van der Waals surface area contributed by atoms with Crippen molar-refractivity contribution in [3.63, 3.8) is 0 Å². The average molecular weight is 355 g/mol. The van der Waals surface area contributed by atoms with Crippen LogP contribution in [-0.2, 0) is 6.54 Å².